The molecule has 26 heavy (non-hydrogen) atoms. The molecular weight excluding hydrogens is 326 g/mol. The SMILES string of the molecule is O=C(c1ccccc1Oc1ccccc1)N1CCC(c2ncc[nH]2)CC1. The van der Waals surface area contributed by atoms with Crippen LogP contribution in [-0.4, -0.2) is 33.9 Å². The van der Waals surface area contributed by atoms with Crippen molar-refractivity contribution in [2.45, 2.75) is 18.8 Å². The third-order valence-electron chi connectivity index (χ3n) is 4.78. The van der Waals surface area contributed by atoms with Gasteiger partial charge in [0.2, 0.25) is 0 Å². The van der Waals surface area contributed by atoms with Crippen molar-refractivity contribution in [3.8, 4) is 11.5 Å². The number of hydrogen-bond acceptors (Lipinski definition) is 3. The number of aromatic amines is 1. The lowest BCUT2D eigenvalue weighted by molar-refractivity contribution is 0.0708. The van der Waals surface area contributed by atoms with Crippen molar-refractivity contribution in [1.29, 1.82) is 0 Å². The van der Waals surface area contributed by atoms with Gasteiger partial charge in [0, 0.05) is 31.4 Å². The molecule has 1 aliphatic heterocycles. The second kappa shape index (κ2) is 7.44. The van der Waals surface area contributed by atoms with E-state index in [9.17, 15) is 4.79 Å². The molecule has 0 radical (unpaired) electrons. The highest BCUT2D eigenvalue weighted by Crippen LogP contribution is 2.29. The minimum atomic E-state index is 0.0226. The van der Waals surface area contributed by atoms with E-state index in [1.54, 1.807) is 6.20 Å². The summed E-state index contributed by atoms with van der Waals surface area (Å²) in [7, 11) is 0. The molecular formula is C21H21N3O2. The second-order valence-corrected chi connectivity index (χ2v) is 6.45. The standard InChI is InChI=1S/C21H21N3O2/c25-21(24-14-10-16(11-15-24)20-22-12-13-23-20)18-8-4-5-9-19(18)26-17-6-2-1-3-7-17/h1-9,12-13,16H,10-11,14-15H2,(H,22,23). The monoisotopic (exact) mass is 347 g/mol. The zero-order valence-corrected chi connectivity index (χ0v) is 14.5. The number of carbonyl (C=O) groups is 1. The Labute approximate surface area is 152 Å². The van der Waals surface area contributed by atoms with Crippen molar-refractivity contribution in [1.82, 2.24) is 14.9 Å². The Morgan fingerprint density at radius 1 is 1.04 bits per heavy atom. The second-order valence-electron chi connectivity index (χ2n) is 6.45. The first-order valence-corrected chi connectivity index (χ1v) is 8.92. The highest BCUT2D eigenvalue weighted by molar-refractivity contribution is 5.97. The van der Waals surface area contributed by atoms with Crippen LogP contribution >= 0.6 is 0 Å². The van der Waals surface area contributed by atoms with E-state index in [-0.39, 0.29) is 5.91 Å². The molecule has 2 heterocycles. The quantitative estimate of drug-likeness (QED) is 0.769. The summed E-state index contributed by atoms with van der Waals surface area (Å²) < 4.78 is 5.94. The number of likely N-dealkylation sites (tertiary alicyclic amines) is 1. The average molecular weight is 347 g/mol. The maximum Gasteiger partial charge on any atom is 0.257 e. The van der Waals surface area contributed by atoms with Crippen molar-refractivity contribution >= 4 is 5.91 Å². The minimum Gasteiger partial charge on any atom is -0.457 e. The number of imidazole rings is 1. The van der Waals surface area contributed by atoms with Gasteiger partial charge in [-0.3, -0.25) is 4.79 Å². The van der Waals surface area contributed by atoms with E-state index in [1.807, 2.05) is 65.7 Å². The summed E-state index contributed by atoms with van der Waals surface area (Å²) in [5.74, 6) is 2.75. The Balaban J connectivity index is 1.47. The Bertz CT molecular complexity index is 854. The molecule has 1 saturated heterocycles. The number of rotatable bonds is 4. The Morgan fingerprint density at radius 3 is 2.50 bits per heavy atom. The fourth-order valence-corrected chi connectivity index (χ4v) is 3.37. The van der Waals surface area contributed by atoms with Gasteiger partial charge in [0.15, 0.2) is 0 Å². The zero-order valence-electron chi connectivity index (χ0n) is 14.5. The lowest BCUT2D eigenvalue weighted by Crippen LogP contribution is -2.38. The van der Waals surface area contributed by atoms with E-state index in [1.165, 1.54) is 0 Å². The predicted octanol–water partition coefficient (Wildman–Crippen LogP) is 4.22. The third kappa shape index (κ3) is 3.47. The lowest BCUT2D eigenvalue weighted by Gasteiger charge is -2.31. The number of benzene rings is 2. The van der Waals surface area contributed by atoms with Gasteiger partial charge in [-0.1, -0.05) is 30.3 Å². The molecule has 1 aliphatic rings. The molecule has 0 spiro atoms. The van der Waals surface area contributed by atoms with E-state index < -0.39 is 0 Å². The molecule has 4 rings (SSSR count). The highest BCUT2D eigenvalue weighted by Gasteiger charge is 2.27. The summed E-state index contributed by atoms with van der Waals surface area (Å²) in [6.45, 7) is 1.45. The number of hydrogen-bond donors (Lipinski definition) is 1. The van der Waals surface area contributed by atoms with E-state index >= 15 is 0 Å². The summed E-state index contributed by atoms with van der Waals surface area (Å²) in [5.41, 5.74) is 0.604. The summed E-state index contributed by atoms with van der Waals surface area (Å²) in [6.07, 6.45) is 5.47. The summed E-state index contributed by atoms with van der Waals surface area (Å²) in [4.78, 5) is 22.5. The van der Waals surface area contributed by atoms with E-state index in [0.29, 0.717) is 17.2 Å². The van der Waals surface area contributed by atoms with Crippen LogP contribution in [0.2, 0.25) is 0 Å². The smallest absolute Gasteiger partial charge is 0.257 e. The number of carbonyl (C=O) groups excluding carboxylic acids is 1. The van der Waals surface area contributed by atoms with Crippen LogP contribution in [0.1, 0.15) is 34.9 Å². The van der Waals surface area contributed by atoms with Gasteiger partial charge in [-0.2, -0.15) is 0 Å². The normalized spacial score (nSPS) is 15.0. The predicted molar refractivity (Wildman–Crippen MR) is 99.4 cm³/mol. The molecule has 0 saturated carbocycles. The molecule has 5 nitrogen and oxygen atoms in total. The number of piperidine rings is 1. The molecule has 2 aromatic carbocycles. The number of para-hydroxylation sites is 2. The van der Waals surface area contributed by atoms with Gasteiger partial charge in [-0.25, -0.2) is 4.98 Å². The molecule has 0 aliphatic carbocycles. The number of amides is 1. The molecule has 5 heteroatoms. The minimum absolute atomic E-state index is 0.0226. The van der Waals surface area contributed by atoms with Crippen molar-refractivity contribution in [2.75, 3.05) is 13.1 Å². The van der Waals surface area contributed by atoms with Crippen molar-refractivity contribution in [3.05, 3.63) is 78.4 Å². The van der Waals surface area contributed by atoms with Crippen LogP contribution in [0.3, 0.4) is 0 Å². The summed E-state index contributed by atoms with van der Waals surface area (Å²) in [5, 5.41) is 0. The van der Waals surface area contributed by atoms with E-state index in [4.69, 9.17) is 4.74 Å². The topological polar surface area (TPSA) is 58.2 Å². The van der Waals surface area contributed by atoms with E-state index in [2.05, 4.69) is 9.97 Å². The average Bonchev–Trinajstić information content (AvgIpc) is 3.24. The van der Waals surface area contributed by atoms with Crippen LogP contribution in [-0.2, 0) is 0 Å². The molecule has 1 aromatic heterocycles. The molecule has 0 bridgehead atoms. The highest BCUT2D eigenvalue weighted by atomic mass is 16.5. The van der Waals surface area contributed by atoms with Crippen LogP contribution in [0.5, 0.6) is 11.5 Å². The largest absolute Gasteiger partial charge is 0.457 e. The molecule has 3 aromatic rings. The molecule has 132 valence electrons. The fourth-order valence-electron chi connectivity index (χ4n) is 3.37. The van der Waals surface area contributed by atoms with Crippen molar-refractivity contribution in [2.24, 2.45) is 0 Å². The summed E-state index contributed by atoms with van der Waals surface area (Å²) >= 11 is 0. The maximum atomic E-state index is 13.0. The first-order chi connectivity index (χ1) is 12.8. The van der Waals surface area contributed by atoms with Gasteiger partial charge in [-0.05, 0) is 37.1 Å². The van der Waals surface area contributed by atoms with Gasteiger partial charge in [-0.15, -0.1) is 0 Å². The van der Waals surface area contributed by atoms with Crippen molar-refractivity contribution < 1.29 is 9.53 Å². The third-order valence-corrected chi connectivity index (χ3v) is 4.78. The Kier molecular flexibility index (Phi) is 4.69. The Morgan fingerprint density at radius 2 is 1.77 bits per heavy atom. The van der Waals surface area contributed by atoms with Gasteiger partial charge in [0.25, 0.3) is 5.91 Å². The van der Waals surface area contributed by atoms with Gasteiger partial charge in [0.1, 0.15) is 17.3 Å². The molecule has 0 atom stereocenters. The number of H-pyrrole nitrogens is 1. The first kappa shape index (κ1) is 16.4. The molecule has 1 fully saturated rings. The van der Waals surface area contributed by atoms with Crippen LogP contribution in [0.4, 0.5) is 0 Å². The zero-order chi connectivity index (χ0) is 17.8. The molecule has 1 amide bonds. The number of ether oxygens (including phenoxy) is 1. The van der Waals surface area contributed by atoms with Crippen molar-refractivity contribution in [3.63, 3.8) is 0 Å². The number of aromatic nitrogens is 2. The van der Waals surface area contributed by atoms with Crippen LogP contribution in [0, 0.1) is 0 Å². The van der Waals surface area contributed by atoms with E-state index in [0.717, 1.165) is 37.5 Å². The fraction of sp³-hybridized carbons (Fsp3) is 0.238. The Hall–Kier alpha value is -3.08. The first-order valence-electron chi connectivity index (χ1n) is 8.92. The van der Waals surface area contributed by atoms with Gasteiger partial charge in [0.05, 0.1) is 5.56 Å². The van der Waals surface area contributed by atoms with Gasteiger partial charge >= 0.3 is 0 Å². The maximum absolute atomic E-state index is 13.0. The van der Waals surface area contributed by atoms with Crippen LogP contribution in [0.25, 0.3) is 0 Å². The van der Waals surface area contributed by atoms with Gasteiger partial charge < -0.3 is 14.6 Å². The van der Waals surface area contributed by atoms with Crippen LogP contribution < -0.4 is 4.74 Å². The number of nitrogens with one attached hydrogen (secondary N) is 1. The molecule has 0 unspecified atom stereocenters. The van der Waals surface area contributed by atoms with Crippen LogP contribution in [0.15, 0.2) is 67.0 Å². The summed E-state index contributed by atoms with van der Waals surface area (Å²) in [6, 6.07) is 17.0. The number of nitrogens with zero attached hydrogens (tertiary/aromatic N) is 2. The molecule has 1 N–H and O–H groups in total. The lowest BCUT2D eigenvalue weighted by atomic mass is 9.95.